The highest BCUT2D eigenvalue weighted by molar-refractivity contribution is 5.69. The summed E-state index contributed by atoms with van der Waals surface area (Å²) in [6.07, 6.45) is 2.21. The van der Waals surface area contributed by atoms with Crippen LogP contribution in [0.2, 0.25) is 0 Å². The number of hydrogen-bond acceptors (Lipinski definition) is 8. The highest BCUT2D eigenvalue weighted by atomic mass is 16.6. The smallest absolute Gasteiger partial charge is 0.353 e. The minimum Gasteiger partial charge on any atom is -0.379 e. The fourth-order valence-corrected chi connectivity index (χ4v) is 3.15. The molecule has 3 rings (SSSR count). The number of nitrogens with one attached hydrogen (secondary N) is 2. The summed E-state index contributed by atoms with van der Waals surface area (Å²) >= 11 is 0. The lowest BCUT2D eigenvalue weighted by molar-refractivity contribution is -0.383. The molecule has 2 aromatic rings. The Morgan fingerprint density at radius 1 is 1.21 bits per heavy atom. The Kier molecular flexibility index (Phi) is 7.10. The molecule has 9 heteroatoms. The number of anilines is 2. The molecule has 0 aliphatic carbocycles. The van der Waals surface area contributed by atoms with Crippen LogP contribution in [0.5, 0.6) is 0 Å². The Morgan fingerprint density at radius 2 is 1.93 bits per heavy atom. The summed E-state index contributed by atoms with van der Waals surface area (Å²) in [5.74, 6) is 0.455. The Hall–Kier alpha value is -2.78. The van der Waals surface area contributed by atoms with Crippen LogP contribution in [0.1, 0.15) is 24.9 Å². The van der Waals surface area contributed by atoms with E-state index in [0.29, 0.717) is 6.54 Å². The molecule has 1 atom stereocenters. The lowest BCUT2D eigenvalue weighted by Gasteiger charge is -2.26. The molecular formula is C19H26N6O3. The van der Waals surface area contributed by atoms with E-state index in [0.717, 1.165) is 44.8 Å². The third kappa shape index (κ3) is 5.37. The third-order valence-corrected chi connectivity index (χ3v) is 4.70. The normalized spacial score (nSPS) is 15.8. The van der Waals surface area contributed by atoms with E-state index in [1.165, 1.54) is 6.33 Å². The van der Waals surface area contributed by atoms with E-state index in [2.05, 4.69) is 25.5 Å². The summed E-state index contributed by atoms with van der Waals surface area (Å²) in [6, 6.07) is 9.61. The van der Waals surface area contributed by atoms with Gasteiger partial charge in [-0.15, -0.1) is 0 Å². The molecule has 1 aromatic heterocycles. The maximum Gasteiger partial charge on any atom is 0.353 e. The van der Waals surface area contributed by atoms with Crippen LogP contribution in [0.15, 0.2) is 36.7 Å². The average Bonchev–Trinajstić information content (AvgIpc) is 2.72. The van der Waals surface area contributed by atoms with Gasteiger partial charge in [-0.05, 0) is 25.5 Å². The summed E-state index contributed by atoms with van der Waals surface area (Å²) < 4.78 is 5.34. The summed E-state index contributed by atoms with van der Waals surface area (Å²) in [6.45, 7) is 6.85. The van der Waals surface area contributed by atoms with Crippen molar-refractivity contribution >= 4 is 17.3 Å². The Balaban J connectivity index is 1.63. The van der Waals surface area contributed by atoms with E-state index in [-0.39, 0.29) is 23.4 Å². The van der Waals surface area contributed by atoms with Crippen LogP contribution in [0.4, 0.5) is 17.3 Å². The molecule has 9 nitrogen and oxygen atoms in total. The summed E-state index contributed by atoms with van der Waals surface area (Å²) in [7, 11) is 0. The van der Waals surface area contributed by atoms with Crippen LogP contribution >= 0.6 is 0 Å². The van der Waals surface area contributed by atoms with Gasteiger partial charge in [0.1, 0.15) is 6.33 Å². The van der Waals surface area contributed by atoms with Gasteiger partial charge >= 0.3 is 5.69 Å². The number of rotatable bonds is 9. The molecule has 1 aliphatic rings. The number of morpholine rings is 1. The van der Waals surface area contributed by atoms with Gasteiger partial charge in [0.05, 0.1) is 24.2 Å². The predicted molar refractivity (Wildman–Crippen MR) is 108 cm³/mol. The first kappa shape index (κ1) is 20.0. The maximum atomic E-state index is 11.7. The lowest BCUT2D eigenvalue weighted by atomic mass is 10.1. The molecule has 0 bridgehead atoms. The molecule has 0 amide bonds. The van der Waals surface area contributed by atoms with Crippen molar-refractivity contribution in [3.05, 3.63) is 52.3 Å². The monoisotopic (exact) mass is 386 g/mol. The van der Waals surface area contributed by atoms with Crippen molar-refractivity contribution < 1.29 is 9.66 Å². The first-order valence-corrected chi connectivity index (χ1v) is 9.50. The molecule has 1 aromatic carbocycles. The van der Waals surface area contributed by atoms with Crippen LogP contribution in [0.3, 0.4) is 0 Å². The number of ether oxygens (including phenoxy) is 1. The number of aromatic nitrogens is 2. The van der Waals surface area contributed by atoms with E-state index in [9.17, 15) is 10.1 Å². The van der Waals surface area contributed by atoms with E-state index < -0.39 is 4.92 Å². The molecular weight excluding hydrogens is 360 g/mol. The molecule has 1 unspecified atom stereocenters. The van der Waals surface area contributed by atoms with E-state index in [1.807, 2.05) is 37.3 Å². The van der Waals surface area contributed by atoms with Gasteiger partial charge in [0.2, 0.25) is 11.6 Å². The zero-order valence-electron chi connectivity index (χ0n) is 16.0. The predicted octanol–water partition coefficient (Wildman–Crippen LogP) is 2.69. The summed E-state index contributed by atoms with van der Waals surface area (Å²) in [5.41, 5.74) is 0.895. The standard InChI is InChI=1S/C19H26N6O3/c1-15(16-6-3-2-4-7-16)23-19-17(25(26)27)18(21-14-22-19)20-8-5-9-24-10-12-28-13-11-24/h2-4,6-7,14-15H,5,8-13H2,1H3,(H2,20,21,22,23). The van der Waals surface area contributed by atoms with Gasteiger partial charge in [0.25, 0.3) is 0 Å². The quantitative estimate of drug-likeness (QED) is 0.385. The Labute approximate surface area is 164 Å². The number of nitrogens with zero attached hydrogens (tertiary/aromatic N) is 4. The van der Waals surface area contributed by atoms with Crippen molar-refractivity contribution in [2.45, 2.75) is 19.4 Å². The lowest BCUT2D eigenvalue weighted by Crippen LogP contribution is -2.37. The second kappa shape index (κ2) is 9.95. The molecule has 150 valence electrons. The SMILES string of the molecule is CC(Nc1ncnc(NCCCN2CCOCC2)c1[N+](=O)[O-])c1ccccc1. The largest absolute Gasteiger partial charge is 0.379 e. The van der Waals surface area contributed by atoms with Gasteiger partial charge in [-0.2, -0.15) is 0 Å². The first-order valence-electron chi connectivity index (χ1n) is 9.50. The fraction of sp³-hybridized carbons (Fsp3) is 0.474. The Bertz CT molecular complexity index is 768. The zero-order valence-corrected chi connectivity index (χ0v) is 16.0. The van der Waals surface area contributed by atoms with Crippen molar-refractivity contribution in [1.82, 2.24) is 14.9 Å². The van der Waals surface area contributed by atoms with Gasteiger partial charge in [-0.3, -0.25) is 15.0 Å². The number of nitro groups is 1. The van der Waals surface area contributed by atoms with Crippen LogP contribution in [0.25, 0.3) is 0 Å². The minimum absolute atomic E-state index is 0.121. The summed E-state index contributed by atoms with van der Waals surface area (Å²) in [5, 5.41) is 17.9. The molecule has 2 N–H and O–H groups in total. The molecule has 0 spiro atoms. The van der Waals surface area contributed by atoms with Gasteiger partial charge in [0, 0.05) is 19.6 Å². The van der Waals surface area contributed by atoms with Gasteiger partial charge in [-0.1, -0.05) is 30.3 Å². The zero-order chi connectivity index (χ0) is 19.8. The fourth-order valence-electron chi connectivity index (χ4n) is 3.15. The molecule has 1 fully saturated rings. The van der Waals surface area contributed by atoms with E-state index in [4.69, 9.17) is 4.74 Å². The maximum absolute atomic E-state index is 11.7. The highest BCUT2D eigenvalue weighted by Gasteiger charge is 2.24. The Morgan fingerprint density at radius 3 is 2.64 bits per heavy atom. The molecule has 1 aliphatic heterocycles. The van der Waals surface area contributed by atoms with Crippen molar-refractivity contribution in [2.24, 2.45) is 0 Å². The van der Waals surface area contributed by atoms with E-state index >= 15 is 0 Å². The van der Waals surface area contributed by atoms with Gasteiger partial charge in [-0.25, -0.2) is 9.97 Å². The summed E-state index contributed by atoms with van der Waals surface area (Å²) in [4.78, 5) is 21.7. The van der Waals surface area contributed by atoms with Crippen LogP contribution in [-0.2, 0) is 4.74 Å². The first-order chi connectivity index (χ1) is 13.6. The van der Waals surface area contributed by atoms with Gasteiger partial charge < -0.3 is 15.4 Å². The molecule has 2 heterocycles. The van der Waals surface area contributed by atoms with Crippen LogP contribution in [0, 0.1) is 10.1 Å². The minimum atomic E-state index is -0.440. The van der Waals surface area contributed by atoms with Crippen molar-refractivity contribution in [3.63, 3.8) is 0 Å². The van der Waals surface area contributed by atoms with Crippen molar-refractivity contribution in [3.8, 4) is 0 Å². The molecule has 1 saturated heterocycles. The van der Waals surface area contributed by atoms with Crippen LogP contribution < -0.4 is 10.6 Å². The van der Waals surface area contributed by atoms with Crippen molar-refractivity contribution in [1.29, 1.82) is 0 Å². The third-order valence-electron chi connectivity index (χ3n) is 4.70. The average molecular weight is 386 g/mol. The topological polar surface area (TPSA) is 105 Å². The highest BCUT2D eigenvalue weighted by Crippen LogP contribution is 2.31. The van der Waals surface area contributed by atoms with Crippen LogP contribution in [-0.4, -0.2) is 59.2 Å². The number of hydrogen-bond donors (Lipinski definition) is 2. The molecule has 28 heavy (non-hydrogen) atoms. The molecule has 0 saturated carbocycles. The van der Waals surface area contributed by atoms with Crippen molar-refractivity contribution in [2.75, 3.05) is 50.0 Å². The second-order valence-electron chi connectivity index (χ2n) is 6.69. The van der Waals surface area contributed by atoms with E-state index in [1.54, 1.807) is 0 Å². The second-order valence-corrected chi connectivity index (χ2v) is 6.69. The van der Waals surface area contributed by atoms with Gasteiger partial charge in [0.15, 0.2) is 0 Å². The number of benzene rings is 1. The molecule has 0 radical (unpaired) electrons.